The van der Waals surface area contributed by atoms with E-state index in [2.05, 4.69) is 151 Å². The van der Waals surface area contributed by atoms with Crippen LogP contribution in [-0.2, 0) is 18.9 Å². The molecule has 0 amide bonds. The lowest BCUT2D eigenvalue weighted by molar-refractivity contribution is 0.0907. The molecule has 6 aromatic heterocycles. The molecule has 4 aromatic carbocycles. The Morgan fingerprint density at radius 3 is 1.20 bits per heavy atom. The summed E-state index contributed by atoms with van der Waals surface area (Å²) in [5, 5.41) is 0. The number of ether oxygens (including phenoxy) is 8. The zero-order chi connectivity index (χ0) is 66.6. The second-order valence-corrected chi connectivity index (χ2v) is 24.9. The van der Waals surface area contributed by atoms with Crippen LogP contribution < -0.4 is 18.9 Å². The van der Waals surface area contributed by atoms with E-state index in [1.54, 1.807) is 6.20 Å². The van der Waals surface area contributed by atoms with Gasteiger partial charge in [-0.05, 0) is 251 Å². The topological polar surface area (TPSA) is 151 Å². The smallest absolute Gasteiger partial charge is 0.119 e. The summed E-state index contributed by atoms with van der Waals surface area (Å²) in [6.07, 6.45) is 16.0. The Morgan fingerprint density at radius 1 is 0.333 bits per heavy atom. The number of aryl methyl sites for hydroxylation is 8. The Balaban J connectivity index is 0.662. The highest BCUT2D eigenvalue weighted by Gasteiger charge is 2.20. The summed E-state index contributed by atoms with van der Waals surface area (Å²) in [5.74, 6) is 3.31. The molecular formula is C82H90N6O8. The van der Waals surface area contributed by atoms with E-state index >= 15 is 0 Å². The lowest BCUT2D eigenvalue weighted by atomic mass is 9.92. The molecule has 0 aliphatic carbocycles. The number of hydrogen-bond donors (Lipinski definition) is 0. The van der Waals surface area contributed by atoms with E-state index < -0.39 is 0 Å². The molecule has 10 bridgehead atoms. The van der Waals surface area contributed by atoms with Crippen molar-refractivity contribution < 1.29 is 37.9 Å². The summed E-state index contributed by atoms with van der Waals surface area (Å²) >= 11 is 0. The predicted octanol–water partition coefficient (Wildman–Crippen LogP) is 18.3. The van der Waals surface area contributed by atoms with Gasteiger partial charge in [0.05, 0.1) is 72.0 Å². The van der Waals surface area contributed by atoms with E-state index in [4.69, 9.17) is 62.8 Å². The van der Waals surface area contributed by atoms with Crippen molar-refractivity contribution in [1.29, 1.82) is 0 Å². The van der Waals surface area contributed by atoms with Gasteiger partial charge in [0.1, 0.15) is 49.4 Å². The van der Waals surface area contributed by atoms with Crippen molar-refractivity contribution in [3.05, 3.63) is 203 Å². The molecule has 0 unspecified atom stereocenters. The molecule has 14 nitrogen and oxygen atoms in total. The third-order valence-electron chi connectivity index (χ3n) is 17.4. The van der Waals surface area contributed by atoms with Crippen LogP contribution in [-0.4, -0.2) is 109 Å². The molecule has 6 aliphatic heterocycles. The highest BCUT2D eigenvalue weighted by atomic mass is 16.5. The molecule has 96 heavy (non-hydrogen) atoms. The summed E-state index contributed by atoms with van der Waals surface area (Å²) in [6.45, 7) is 23.9. The highest BCUT2D eigenvalue weighted by Crippen LogP contribution is 2.40. The van der Waals surface area contributed by atoms with Crippen molar-refractivity contribution in [3.8, 4) is 113 Å². The van der Waals surface area contributed by atoms with Crippen LogP contribution in [0.25, 0.3) is 90.1 Å². The molecule has 10 aromatic rings. The molecule has 6 aliphatic rings. The Hall–Kier alpha value is -9.18. The third kappa shape index (κ3) is 18.0. The number of pyridine rings is 6. The zero-order valence-corrected chi connectivity index (χ0v) is 57.1. The van der Waals surface area contributed by atoms with E-state index in [-0.39, 0.29) is 0 Å². The monoisotopic (exact) mass is 1290 g/mol. The maximum Gasteiger partial charge on any atom is 0.119 e. The summed E-state index contributed by atoms with van der Waals surface area (Å²) in [4.78, 5) is 29.7. The van der Waals surface area contributed by atoms with Gasteiger partial charge in [-0.2, -0.15) is 0 Å². The second kappa shape index (κ2) is 34.0. The molecule has 0 saturated heterocycles. The first-order valence-corrected chi connectivity index (χ1v) is 34.0. The molecule has 0 fully saturated rings. The molecule has 0 saturated carbocycles. The van der Waals surface area contributed by atoms with Gasteiger partial charge in [0.25, 0.3) is 0 Å². The first-order chi connectivity index (χ1) is 46.9. The lowest BCUT2D eigenvalue weighted by Gasteiger charge is -2.18. The Morgan fingerprint density at radius 2 is 0.750 bits per heavy atom. The first-order valence-electron chi connectivity index (χ1n) is 34.0. The number of benzene rings is 4. The summed E-state index contributed by atoms with van der Waals surface area (Å²) in [7, 11) is 0. The van der Waals surface area contributed by atoms with Crippen LogP contribution in [0.5, 0.6) is 23.0 Å². The third-order valence-corrected chi connectivity index (χ3v) is 17.4. The number of nitrogens with zero attached hydrogens (tertiary/aromatic N) is 6. The van der Waals surface area contributed by atoms with Gasteiger partial charge in [-0.3, -0.25) is 19.9 Å². The second-order valence-electron chi connectivity index (χ2n) is 24.9. The van der Waals surface area contributed by atoms with Gasteiger partial charge in [-0.1, -0.05) is 56.0 Å². The molecule has 16 rings (SSSR count). The van der Waals surface area contributed by atoms with Gasteiger partial charge < -0.3 is 37.9 Å². The van der Waals surface area contributed by atoms with E-state index in [0.717, 1.165) is 222 Å². The van der Waals surface area contributed by atoms with E-state index in [0.29, 0.717) is 66.1 Å². The standard InChI is InChI=1S/C82H90N6O8/c1-55-44-66(45-56(2)78(55)63-23-27-72(84-52-63)75-22-19-21-74(87-75)71-20-13-14-31-83-71)93-40-36-89-33-17-11-12-18-35-92-39-43-96-69-50-61(7)81(62(8)51-69)70-26-30-76-73-28-24-64(53-85-73)79-57(3)46-67(47-58(79)4)94-41-37-90-32-15-9-10-16-34-91-38-42-95-68-48-59(5)80(60(6)49-68)65-25-29-77(86-54-65)82(70)88-76/h13-14,19-31,44-54H,9-12,15-18,32-43H2,1-8H3. The molecular weight excluding hydrogens is 1200 g/mol. The number of aromatic nitrogens is 6. The van der Waals surface area contributed by atoms with Crippen LogP contribution in [0.15, 0.2) is 158 Å². The van der Waals surface area contributed by atoms with Crippen LogP contribution in [0, 0.1) is 55.4 Å². The lowest BCUT2D eigenvalue weighted by Crippen LogP contribution is -2.09. The molecule has 0 atom stereocenters. The van der Waals surface area contributed by atoms with Crippen molar-refractivity contribution in [2.75, 3.05) is 79.3 Å². The Bertz CT molecular complexity index is 4090. The minimum Gasteiger partial charge on any atom is -0.491 e. The molecule has 14 heteroatoms. The fraction of sp³-hybridized carbons (Fsp3) is 0.341. The van der Waals surface area contributed by atoms with E-state index in [1.165, 1.54) is 0 Å². The van der Waals surface area contributed by atoms with Crippen LogP contribution in [0.2, 0.25) is 0 Å². The normalized spacial score (nSPS) is 13.2. The van der Waals surface area contributed by atoms with Crippen LogP contribution in [0.3, 0.4) is 0 Å². The first kappa shape index (κ1) is 68.2. The van der Waals surface area contributed by atoms with Gasteiger partial charge in [-0.15, -0.1) is 0 Å². The molecule has 0 radical (unpaired) electrons. The van der Waals surface area contributed by atoms with Gasteiger partial charge >= 0.3 is 0 Å². The fourth-order valence-electron chi connectivity index (χ4n) is 12.9. The average Bonchev–Trinajstić information content (AvgIpc) is 0.781. The van der Waals surface area contributed by atoms with Crippen molar-refractivity contribution in [2.45, 2.75) is 107 Å². The predicted molar refractivity (Wildman–Crippen MR) is 383 cm³/mol. The van der Waals surface area contributed by atoms with Gasteiger partial charge in [0.15, 0.2) is 0 Å². The minimum absolute atomic E-state index is 0.452. The van der Waals surface area contributed by atoms with Gasteiger partial charge in [0, 0.05) is 73.5 Å². The van der Waals surface area contributed by atoms with Crippen LogP contribution >= 0.6 is 0 Å². The minimum atomic E-state index is 0.452. The Labute approximate surface area is 566 Å². The van der Waals surface area contributed by atoms with Crippen molar-refractivity contribution in [1.82, 2.24) is 29.9 Å². The largest absolute Gasteiger partial charge is 0.491 e. The average molecular weight is 1290 g/mol. The van der Waals surface area contributed by atoms with Crippen LogP contribution in [0.1, 0.15) is 95.9 Å². The van der Waals surface area contributed by atoms with Gasteiger partial charge in [-0.25, -0.2) is 9.97 Å². The fourth-order valence-corrected chi connectivity index (χ4v) is 12.9. The number of rotatable bonds is 19. The maximum absolute atomic E-state index is 6.32. The van der Waals surface area contributed by atoms with Crippen molar-refractivity contribution in [2.24, 2.45) is 0 Å². The number of fused-ring (bicyclic) bond motifs is 2. The number of hydrogen-bond acceptors (Lipinski definition) is 14. The molecule has 12 heterocycles. The van der Waals surface area contributed by atoms with Crippen molar-refractivity contribution in [3.63, 3.8) is 0 Å². The summed E-state index contributed by atoms with van der Waals surface area (Å²) in [5.41, 5.74) is 23.8. The summed E-state index contributed by atoms with van der Waals surface area (Å²) in [6, 6.07) is 45.4. The van der Waals surface area contributed by atoms with Crippen molar-refractivity contribution >= 4 is 0 Å². The highest BCUT2D eigenvalue weighted by molar-refractivity contribution is 5.86. The summed E-state index contributed by atoms with van der Waals surface area (Å²) < 4.78 is 48.6. The quantitative estimate of drug-likeness (QED) is 0.0706. The van der Waals surface area contributed by atoms with Gasteiger partial charge in [0.2, 0.25) is 0 Å². The van der Waals surface area contributed by atoms with Crippen LogP contribution in [0.4, 0.5) is 0 Å². The number of unbranched alkanes of at least 4 members (excludes halogenated alkanes) is 3. The Kier molecular flexibility index (Phi) is 24.1. The maximum atomic E-state index is 6.32. The SMILES string of the molecule is Cc1cc(OCCOCCCCCCOCCOc2cc(C)c(-c3ccc4nc3-c3ccc(cn3)-c3c(C)cc(cc3C)OCCOCCCCCCOCCOc3cc(C)c(c(C)c3)-c3ccc-4nc3)c(C)c2)cc(C)c1-c1ccc(-c2cccc(-c3ccccn3)n2)nc1. The molecule has 0 N–H and O–H groups in total. The zero-order valence-electron chi connectivity index (χ0n) is 57.1. The molecule has 0 spiro atoms. The van der Waals surface area contributed by atoms with E-state index in [1.807, 2.05) is 61.1 Å². The molecule has 496 valence electrons. The van der Waals surface area contributed by atoms with E-state index in [9.17, 15) is 0 Å².